The number of hydrogen-bond donors (Lipinski definition) is 0. The molecule has 1 aromatic carbocycles. The van der Waals surface area contributed by atoms with E-state index < -0.39 is 0 Å². The van der Waals surface area contributed by atoms with Gasteiger partial charge in [-0.2, -0.15) is 0 Å². The molecule has 0 atom stereocenters. The summed E-state index contributed by atoms with van der Waals surface area (Å²) in [7, 11) is 0. The first-order valence-corrected chi connectivity index (χ1v) is 8.89. The zero-order chi connectivity index (χ0) is 16.1. The fourth-order valence-electron chi connectivity index (χ4n) is 3.69. The Bertz CT molecular complexity index is 629. The van der Waals surface area contributed by atoms with Crippen molar-refractivity contribution in [3.63, 3.8) is 0 Å². The summed E-state index contributed by atoms with van der Waals surface area (Å²) in [5, 5.41) is 0. The highest BCUT2D eigenvalue weighted by molar-refractivity contribution is 5.76. The van der Waals surface area contributed by atoms with Crippen LogP contribution in [-0.4, -0.2) is 0 Å². The molecule has 119 valence electrons. The Hall–Kier alpha value is -1.82. The van der Waals surface area contributed by atoms with Gasteiger partial charge < -0.3 is 0 Å². The average molecular weight is 303 g/mol. The van der Waals surface area contributed by atoms with E-state index in [0.717, 1.165) is 11.8 Å². The summed E-state index contributed by atoms with van der Waals surface area (Å²) in [6.07, 6.45) is 21.3. The molecule has 0 saturated heterocycles. The molecule has 1 fully saturated rings. The van der Waals surface area contributed by atoms with Gasteiger partial charge in [-0.15, -0.1) is 0 Å². The molecule has 0 heterocycles. The predicted molar refractivity (Wildman–Crippen MR) is 101 cm³/mol. The van der Waals surface area contributed by atoms with E-state index in [1.807, 2.05) is 0 Å². The third kappa shape index (κ3) is 4.13. The topological polar surface area (TPSA) is 0 Å². The van der Waals surface area contributed by atoms with Gasteiger partial charge in [0.1, 0.15) is 0 Å². The molecule has 1 aromatic rings. The molecule has 0 heteroatoms. The smallest absolute Gasteiger partial charge is 0.00866 e. The van der Waals surface area contributed by atoms with Gasteiger partial charge in [0.05, 0.1) is 0 Å². The summed E-state index contributed by atoms with van der Waals surface area (Å²) in [6, 6.07) is 8.80. The van der Waals surface area contributed by atoms with Crippen LogP contribution in [0.1, 0.15) is 43.7 Å². The van der Waals surface area contributed by atoms with Crippen molar-refractivity contribution in [3.8, 4) is 0 Å². The maximum absolute atomic E-state index is 2.39. The van der Waals surface area contributed by atoms with Crippen LogP contribution in [0.4, 0.5) is 0 Å². The van der Waals surface area contributed by atoms with Crippen molar-refractivity contribution in [2.24, 2.45) is 11.8 Å². The molecule has 1 saturated carbocycles. The van der Waals surface area contributed by atoms with E-state index in [1.54, 1.807) is 0 Å². The standard InChI is InChI=1S/C23H27/c1-3-5-19-10-14-23(15-11-19)21-7-4-6-20(16-17-21)22-12-8-18(2)9-13-22/h3-9,12-13,16-17,19,23H,10-11,14-15H2,1-2H3/b5-3+. The zero-order valence-corrected chi connectivity index (χ0v) is 14.3. The van der Waals surface area contributed by atoms with Crippen LogP contribution in [0.25, 0.3) is 5.57 Å². The van der Waals surface area contributed by atoms with Gasteiger partial charge in [-0.25, -0.2) is 0 Å². The molecular formula is C23H27. The van der Waals surface area contributed by atoms with Crippen molar-refractivity contribution in [2.45, 2.75) is 39.5 Å². The van der Waals surface area contributed by atoms with Crippen LogP contribution in [0.2, 0.25) is 0 Å². The molecule has 23 heavy (non-hydrogen) atoms. The minimum atomic E-state index is 0.731. The Morgan fingerprint density at radius 3 is 2.39 bits per heavy atom. The molecule has 0 N–H and O–H groups in total. The monoisotopic (exact) mass is 303 g/mol. The molecule has 0 amide bonds. The van der Waals surface area contributed by atoms with Crippen molar-refractivity contribution in [2.75, 3.05) is 0 Å². The molecule has 2 aliphatic rings. The largest absolute Gasteiger partial charge is 0.0914 e. The second kappa shape index (κ2) is 7.64. The summed E-state index contributed by atoms with van der Waals surface area (Å²) < 4.78 is 0. The molecule has 2 aliphatic carbocycles. The number of allylic oxidation sites excluding steroid dienone is 8. The molecular weight excluding hydrogens is 276 g/mol. The first-order chi connectivity index (χ1) is 11.3. The van der Waals surface area contributed by atoms with Crippen molar-refractivity contribution in [1.82, 2.24) is 0 Å². The first kappa shape index (κ1) is 16.1. The lowest BCUT2D eigenvalue weighted by molar-refractivity contribution is 0.346. The highest BCUT2D eigenvalue weighted by atomic mass is 14.3. The summed E-state index contributed by atoms with van der Waals surface area (Å²) in [5.74, 6) is 1.53. The van der Waals surface area contributed by atoms with Crippen LogP contribution in [0, 0.1) is 25.2 Å². The van der Waals surface area contributed by atoms with Gasteiger partial charge in [0.2, 0.25) is 0 Å². The van der Waals surface area contributed by atoms with Gasteiger partial charge in [-0.05, 0) is 62.5 Å². The summed E-state index contributed by atoms with van der Waals surface area (Å²) in [5.41, 5.74) is 5.42. The zero-order valence-electron chi connectivity index (χ0n) is 14.3. The van der Waals surface area contributed by atoms with Gasteiger partial charge in [0.25, 0.3) is 0 Å². The molecule has 0 unspecified atom stereocenters. The number of aryl methyl sites for hydroxylation is 1. The number of rotatable bonds is 3. The van der Waals surface area contributed by atoms with E-state index in [2.05, 4.69) is 81.0 Å². The Kier molecular flexibility index (Phi) is 5.33. The quantitative estimate of drug-likeness (QED) is 0.562. The summed E-state index contributed by atoms with van der Waals surface area (Å²) in [4.78, 5) is 0. The number of hydrogen-bond acceptors (Lipinski definition) is 0. The highest BCUT2D eigenvalue weighted by Crippen LogP contribution is 2.36. The van der Waals surface area contributed by atoms with Crippen molar-refractivity contribution < 1.29 is 0 Å². The van der Waals surface area contributed by atoms with Crippen LogP contribution >= 0.6 is 0 Å². The molecule has 3 rings (SSSR count). The third-order valence-electron chi connectivity index (χ3n) is 5.11. The van der Waals surface area contributed by atoms with E-state index in [0.29, 0.717) is 0 Å². The van der Waals surface area contributed by atoms with Crippen LogP contribution in [-0.2, 0) is 0 Å². The van der Waals surface area contributed by atoms with Gasteiger partial charge in [-0.3, -0.25) is 0 Å². The highest BCUT2D eigenvalue weighted by Gasteiger charge is 2.22. The maximum Gasteiger partial charge on any atom is 0.00866 e. The Balaban J connectivity index is 1.71. The Labute approximate surface area is 141 Å². The summed E-state index contributed by atoms with van der Waals surface area (Å²) >= 11 is 0. The van der Waals surface area contributed by atoms with Crippen molar-refractivity contribution in [1.29, 1.82) is 0 Å². The lowest BCUT2D eigenvalue weighted by Gasteiger charge is -2.28. The normalized spacial score (nSPS) is 25.1. The Morgan fingerprint density at radius 1 is 0.957 bits per heavy atom. The Morgan fingerprint density at radius 2 is 1.70 bits per heavy atom. The minimum absolute atomic E-state index is 0.731. The van der Waals surface area contributed by atoms with Gasteiger partial charge in [-0.1, -0.05) is 71.9 Å². The molecule has 0 spiro atoms. The van der Waals surface area contributed by atoms with Crippen LogP contribution < -0.4 is 0 Å². The van der Waals surface area contributed by atoms with Crippen LogP contribution in [0.15, 0.2) is 66.3 Å². The molecule has 0 aliphatic heterocycles. The van der Waals surface area contributed by atoms with Crippen LogP contribution in [0.3, 0.4) is 0 Å². The van der Waals surface area contributed by atoms with E-state index in [4.69, 9.17) is 0 Å². The number of benzene rings is 1. The summed E-state index contributed by atoms with van der Waals surface area (Å²) in [6.45, 7) is 4.27. The van der Waals surface area contributed by atoms with Gasteiger partial charge >= 0.3 is 0 Å². The fraction of sp³-hybridized carbons (Fsp3) is 0.348. The minimum Gasteiger partial charge on any atom is -0.0914 e. The first-order valence-electron chi connectivity index (χ1n) is 8.89. The van der Waals surface area contributed by atoms with E-state index >= 15 is 0 Å². The fourth-order valence-corrected chi connectivity index (χ4v) is 3.69. The van der Waals surface area contributed by atoms with Crippen molar-refractivity contribution >= 4 is 5.57 Å². The molecule has 1 radical (unpaired) electrons. The lowest BCUT2D eigenvalue weighted by atomic mass is 9.77. The SMILES string of the molecule is C/C=C/C1CCC(C2=CC=C(c3ccc(C)cc3)C=C[CH]2)CC1. The van der Waals surface area contributed by atoms with Gasteiger partial charge in [0, 0.05) is 6.42 Å². The van der Waals surface area contributed by atoms with E-state index in [1.165, 1.54) is 48.0 Å². The van der Waals surface area contributed by atoms with Crippen LogP contribution in [0.5, 0.6) is 0 Å². The molecule has 0 nitrogen and oxygen atoms in total. The molecule has 0 bridgehead atoms. The van der Waals surface area contributed by atoms with Crippen molar-refractivity contribution in [3.05, 3.63) is 83.8 Å². The van der Waals surface area contributed by atoms with E-state index in [9.17, 15) is 0 Å². The second-order valence-corrected chi connectivity index (χ2v) is 6.82. The predicted octanol–water partition coefficient (Wildman–Crippen LogP) is 6.46. The van der Waals surface area contributed by atoms with Gasteiger partial charge in [0.15, 0.2) is 0 Å². The lowest BCUT2D eigenvalue weighted by Crippen LogP contribution is -2.15. The van der Waals surface area contributed by atoms with E-state index in [-0.39, 0.29) is 0 Å². The maximum atomic E-state index is 2.39. The third-order valence-corrected chi connectivity index (χ3v) is 5.11. The average Bonchev–Trinajstić information content (AvgIpc) is 2.83. The second-order valence-electron chi connectivity index (χ2n) is 6.82. The molecule has 0 aromatic heterocycles.